The Balaban J connectivity index is 1.61. The third-order valence-electron chi connectivity index (χ3n) is 5.44. The summed E-state index contributed by atoms with van der Waals surface area (Å²) in [4.78, 5) is 38.9. The quantitative estimate of drug-likeness (QED) is 0.635. The number of amides is 2. The molecular weight excluding hydrogens is 344 g/mol. The molecule has 2 fully saturated rings. The van der Waals surface area contributed by atoms with Crippen LogP contribution in [0.25, 0.3) is 0 Å². The fourth-order valence-corrected chi connectivity index (χ4v) is 4.01. The van der Waals surface area contributed by atoms with Gasteiger partial charge in [-0.2, -0.15) is 0 Å². The summed E-state index contributed by atoms with van der Waals surface area (Å²) in [5, 5.41) is 2.85. The highest BCUT2D eigenvalue weighted by atomic mass is 16.5. The molecule has 1 aromatic rings. The molecule has 6 heteroatoms. The maximum atomic E-state index is 12.7. The number of benzene rings is 1. The van der Waals surface area contributed by atoms with E-state index in [-0.39, 0.29) is 30.2 Å². The number of nitrogens with zero attached hydrogens (tertiary/aromatic N) is 1. The average Bonchev–Trinajstić information content (AvgIpc) is 2.87. The molecule has 1 heterocycles. The molecule has 27 heavy (non-hydrogen) atoms. The van der Waals surface area contributed by atoms with E-state index in [0.717, 1.165) is 25.7 Å². The summed E-state index contributed by atoms with van der Waals surface area (Å²) < 4.78 is 4.99. The van der Waals surface area contributed by atoms with Gasteiger partial charge in [0.1, 0.15) is 0 Å². The Bertz CT molecular complexity index is 695. The summed E-state index contributed by atoms with van der Waals surface area (Å²) in [7, 11) is 0. The largest absolute Gasteiger partial charge is 0.462 e. The summed E-state index contributed by atoms with van der Waals surface area (Å²) in [5.41, 5.74) is 0.947. The van der Waals surface area contributed by atoms with E-state index < -0.39 is 5.97 Å². The van der Waals surface area contributed by atoms with Gasteiger partial charge in [0.2, 0.25) is 11.8 Å². The highest BCUT2D eigenvalue weighted by molar-refractivity contribution is 5.98. The van der Waals surface area contributed by atoms with Crippen molar-refractivity contribution in [2.75, 3.05) is 18.5 Å². The highest BCUT2D eigenvalue weighted by Gasteiger charge is 2.37. The van der Waals surface area contributed by atoms with Gasteiger partial charge in [0.25, 0.3) is 0 Å². The van der Waals surface area contributed by atoms with E-state index in [1.807, 2.05) is 4.90 Å². The number of carbonyl (C=O) groups is 3. The molecule has 2 aliphatic rings. The van der Waals surface area contributed by atoms with Gasteiger partial charge in [0.15, 0.2) is 0 Å². The number of likely N-dealkylation sites (tertiary alicyclic amines) is 1. The smallest absolute Gasteiger partial charge is 0.338 e. The molecule has 1 atom stereocenters. The average molecular weight is 372 g/mol. The topological polar surface area (TPSA) is 75.7 Å². The summed E-state index contributed by atoms with van der Waals surface area (Å²) >= 11 is 0. The number of rotatable bonds is 5. The van der Waals surface area contributed by atoms with E-state index in [2.05, 4.69) is 5.32 Å². The first-order valence-electron chi connectivity index (χ1n) is 9.96. The molecule has 1 aromatic carbocycles. The van der Waals surface area contributed by atoms with Crippen LogP contribution in [-0.4, -0.2) is 41.9 Å². The monoisotopic (exact) mass is 372 g/mol. The van der Waals surface area contributed by atoms with E-state index in [4.69, 9.17) is 4.74 Å². The number of hydrogen-bond donors (Lipinski definition) is 1. The van der Waals surface area contributed by atoms with Crippen LogP contribution in [0, 0.1) is 5.92 Å². The van der Waals surface area contributed by atoms with Crippen molar-refractivity contribution in [1.82, 2.24) is 4.90 Å². The van der Waals surface area contributed by atoms with Crippen molar-refractivity contribution in [1.29, 1.82) is 0 Å². The number of nitrogens with one attached hydrogen (secondary N) is 1. The fourth-order valence-electron chi connectivity index (χ4n) is 4.01. The predicted molar refractivity (Wildman–Crippen MR) is 102 cm³/mol. The number of anilines is 1. The number of hydrogen-bond acceptors (Lipinski definition) is 4. The Morgan fingerprint density at radius 1 is 1.19 bits per heavy atom. The van der Waals surface area contributed by atoms with Crippen LogP contribution in [0.15, 0.2) is 24.3 Å². The molecule has 0 bridgehead atoms. The van der Waals surface area contributed by atoms with Crippen molar-refractivity contribution >= 4 is 23.5 Å². The first-order valence-corrected chi connectivity index (χ1v) is 9.96. The van der Waals surface area contributed by atoms with E-state index in [1.165, 1.54) is 12.8 Å². The van der Waals surface area contributed by atoms with Gasteiger partial charge in [-0.05, 0) is 38.0 Å². The van der Waals surface area contributed by atoms with Gasteiger partial charge in [-0.1, -0.05) is 31.7 Å². The van der Waals surface area contributed by atoms with Crippen molar-refractivity contribution in [3.63, 3.8) is 0 Å². The Kier molecular flexibility index (Phi) is 6.48. The SMILES string of the molecule is CCOC(=O)c1cccc(NC(=O)[C@@H]2CC(=O)N(C3CCCCCC3)C2)c1. The fraction of sp³-hybridized carbons (Fsp3) is 0.571. The van der Waals surface area contributed by atoms with Crippen molar-refractivity contribution < 1.29 is 19.1 Å². The normalized spacial score (nSPS) is 21.0. The summed E-state index contributed by atoms with van der Waals surface area (Å²) in [6, 6.07) is 6.99. The van der Waals surface area contributed by atoms with Crippen molar-refractivity contribution in [2.24, 2.45) is 5.92 Å². The molecule has 1 saturated carbocycles. The zero-order valence-corrected chi connectivity index (χ0v) is 15.9. The summed E-state index contributed by atoms with van der Waals surface area (Å²) in [6.45, 7) is 2.55. The van der Waals surface area contributed by atoms with Crippen LogP contribution in [-0.2, 0) is 14.3 Å². The lowest BCUT2D eigenvalue weighted by molar-refractivity contribution is -0.130. The van der Waals surface area contributed by atoms with Gasteiger partial charge in [-0.25, -0.2) is 4.79 Å². The van der Waals surface area contributed by atoms with E-state index in [1.54, 1.807) is 31.2 Å². The van der Waals surface area contributed by atoms with E-state index in [0.29, 0.717) is 24.4 Å². The van der Waals surface area contributed by atoms with Gasteiger partial charge in [-0.15, -0.1) is 0 Å². The van der Waals surface area contributed by atoms with Crippen LogP contribution >= 0.6 is 0 Å². The first kappa shape index (κ1) is 19.4. The first-order chi connectivity index (χ1) is 13.1. The molecule has 1 saturated heterocycles. The Morgan fingerprint density at radius 2 is 1.93 bits per heavy atom. The minimum atomic E-state index is -0.413. The van der Waals surface area contributed by atoms with Crippen LogP contribution in [0.4, 0.5) is 5.69 Å². The number of ether oxygens (including phenoxy) is 1. The van der Waals surface area contributed by atoms with E-state index in [9.17, 15) is 14.4 Å². The molecule has 0 unspecified atom stereocenters. The number of carbonyl (C=O) groups excluding carboxylic acids is 3. The third kappa shape index (κ3) is 4.87. The van der Waals surface area contributed by atoms with Crippen LogP contribution in [0.1, 0.15) is 62.2 Å². The second kappa shape index (κ2) is 9.02. The number of esters is 1. The maximum absolute atomic E-state index is 12.7. The Hall–Kier alpha value is -2.37. The van der Waals surface area contributed by atoms with Crippen LogP contribution in [0.5, 0.6) is 0 Å². The Labute approximate surface area is 160 Å². The van der Waals surface area contributed by atoms with Gasteiger partial charge in [0.05, 0.1) is 18.1 Å². The molecule has 0 radical (unpaired) electrons. The zero-order chi connectivity index (χ0) is 19.2. The molecule has 1 aliphatic carbocycles. The standard InChI is InChI=1S/C21H28N2O4/c1-2-27-21(26)15-8-7-9-17(12-15)22-20(25)16-13-19(24)23(14-16)18-10-5-3-4-6-11-18/h7-9,12,16,18H,2-6,10-11,13-14H2,1H3,(H,22,25)/t16-/m1/s1. The maximum Gasteiger partial charge on any atom is 0.338 e. The lowest BCUT2D eigenvalue weighted by atomic mass is 10.1. The van der Waals surface area contributed by atoms with E-state index >= 15 is 0 Å². The molecule has 2 amide bonds. The van der Waals surface area contributed by atoms with Crippen molar-refractivity contribution in [3.8, 4) is 0 Å². The van der Waals surface area contributed by atoms with Crippen LogP contribution in [0.2, 0.25) is 0 Å². The second-order valence-electron chi connectivity index (χ2n) is 7.38. The molecule has 3 rings (SSSR count). The third-order valence-corrected chi connectivity index (χ3v) is 5.44. The lowest BCUT2D eigenvalue weighted by Crippen LogP contribution is -2.37. The lowest BCUT2D eigenvalue weighted by Gasteiger charge is -2.27. The highest BCUT2D eigenvalue weighted by Crippen LogP contribution is 2.28. The Morgan fingerprint density at radius 3 is 2.63 bits per heavy atom. The summed E-state index contributed by atoms with van der Waals surface area (Å²) in [5.74, 6) is -0.834. The molecule has 1 N–H and O–H groups in total. The molecule has 6 nitrogen and oxygen atoms in total. The minimum absolute atomic E-state index is 0.0855. The van der Waals surface area contributed by atoms with Gasteiger partial charge >= 0.3 is 5.97 Å². The molecular formula is C21H28N2O4. The predicted octanol–water partition coefficient (Wildman–Crippen LogP) is 3.37. The van der Waals surface area contributed by atoms with Crippen molar-refractivity contribution in [2.45, 2.75) is 57.9 Å². The zero-order valence-electron chi connectivity index (χ0n) is 15.9. The van der Waals surface area contributed by atoms with Gasteiger partial charge < -0.3 is 15.0 Å². The molecule has 1 aliphatic heterocycles. The van der Waals surface area contributed by atoms with Gasteiger partial charge in [-0.3, -0.25) is 9.59 Å². The second-order valence-corrected chi connectivity index (χ2v) is 7.38. The minimum Gasteiger partial charge on any atom is -0.462 e. The summed E-state index contributed by atoms with van der Waals surface area (Å²) in [6.07, 6.45) is 7.14. The molecule has 146 valence electrons. The van der Waals surface area contributed by atoms with Gasteiger partial charge in [0, 0.05) is 24.7 Å². The van der Waals surface area contributed by atoms with Crippen LogP contribution < -0.4 is 5.32 Å². The van der Waals surface area contributed by atoms with Crippen LogP contribution in [0.3, 0.4) is 0 Å². The molecule has 0 aromatic heterocycles. The van der Waals surface area contributed by atoms with Crippen molar-refractivity contribution in [3.05, 3.63) is 29.8 Å². The molecule has 0 spiro atoms.